The summed E-state index contributed by atoms with van der Waals surface area (Å²) in [6, 6.07) is 27.0. The Morgan fingerprint density at radius 2 is 1.43 bits per heavy atom. The minimum atomic E-state index is -4.10. The number of nitrogens with zero attached hydrogens (tertiary/aromatic N) is 1. The fourth-order valence-electron chi connectivity index (χ4n) is 3.44. The molecular formula is C27H21Cl3N2O3S2. The van der Waals surface area contributed by atoms with Gasteiger partial charge in [0.15, 0.2) is 0 Å². The van der Waals surface area contributed by atoms with Crippen molar-refractivity contribution in [2.75, 3.05) is 16.2 Å². The molecule has 0 aromatic heterocycles. The van der Waals surface area contributed by atoms with E-state index < -0.39 is 22.5 Å². The summed E-state index contributed by atoms with van der Waals surface area (Å²) in [6.45, 7) is -0.457. The van der Waals surface area contributed by atoms with Crippen molar-refractivity contribution in [3.63, 3.8) is 0 Å². The van der Waals surface area contributed by atoms with Gasteiger partial charge in [0.2, 0.25) is 5.91 Å². The predicted octanol–water partition coefficient (Wildman–Crippen LogP) is 7.77. The largest absolute Gasteiger partial charge is 0.323 e. The predicted molar refractivity (Wildman–Crippen MR) is 154 cm³/mol. The van der Waals surface area contributed by atoms with Gasteiger partial charge < -0.3 is 5.32 Å². The third-order valence-corrected chi connectivity index (χ3v) is 8.93. The average molecular weight is 592 g/mol. The molecular weight excluding hydrogens is 571 g/mol. The van der Waals surface area contributed by atoms with Crippen LogP contribution in [0.5, 0.6) is 0 Å². The smallest absolute Gasteiger partial charge is 0.264 e. The third kappa shape index (κ3) is 7.21. The summed E-state index contributed by atoms with van der Waals surface area (Å²) in [5.41, 5.74) is 1.93. The van der Waals surface area contributed by atoms with Gasteiger partial charge in [-0.1, -0.05) is 65.1 Å². The lowest BCUT2D eigenvalue weighted by molar-refractivity contribution is -0.114. The lowest BCUT2D eigenvalue weighted by atomic mass is 10.2. The van der Waals surface area contributed by atoms with E-state index in [4.69, 9.17) is 34.8 Å². The van der Waals surface area contributed by atoms with Crippen LogP contribution < -0.4 is 9.62 Å². The van der Waals surface area contributed by atoms with Crippen molar-refractivity contribution in [3.8, 4) is 0 Å². The Hall–Kier alpha value is -2.68. The van der Waals surface area contributed by atoms with E-state index in [1.54, 1.807) is 42.1 Å². The van der Waals surface area contributed by atoms with Crippen molar-refractivity contribution in [1.29, 1.82) is 0 Å². The van der Waals surface area contributed by atoms with E-state index in [0.29, 0.717) is 26.5 Å². The first-order valence-electron chi connectivity index (χ1n) is 11.0. The van der Waals surface area contributed by atoms with E-state index in [1.165, 1.54) is 30.3 Å². The lowest BCUT2D eigenvalue weighted by Crippen LogP contribution is -2.38. The fraction of sp³-hybridized carbons (Fsp3) is 0.0741. The summed E-state index contributed by atoms with van der Waals surface area (Å²) in [6.07, 6.45) is 0. The minimum absolute atomic E-state index is 0.00333. The number of para-hydroxylation sites is 1. The molecule has 0 saturated heterocycles. The quantitative estimate of drug-likeness (QED) is 0.202. The van der Waals surface area contributed by atoms with E-state index in [-0.39, 0.29) is 10.6 Å². The van der Waals surface area contributed by atoms with Crippen LogP contribution in [0.25, 0.3) is 0 Å². The Balaban J connectivity index is 1.56. The highest BCUT2D eigenvalue weighted by Gasteiger charge is 2.27. The Morgan fingerprint density at radius 1 is 0.784 bits per heavy atom. The maximum Gasteiger partial charge on any atom is 0.264 e. The van der Waals surface area contributed by atoms with E-state index >= 15 is 0 Å². The number of sulfonamides is 1. The Morgan fingerprint density at radius 3 is 2.11 bits per heavy atom. The highest BCUT2D eigenvalue weighted by molar-refractivity contribution is 7.98. The number of benzene rings is 4. The standard InChI is InChI=1S/C27H21Cl3N2O3S2/c28-20-10-8-19(9-11-20)18-36-26-7-2-1-6-25(26)31-27(33)17-32(23-5-3-4-22(30)16-23)37(34,35)24-14-12-21(29)13-15-24/h1-16H,17-18H2,(H,31,33). The monoisotopic (exact) mass is 590 g/mol. The number of anilines is 2. The van der Waals surface area contributed by atoms with Crippen LogP contribution in [-0.2, 0) is 20.6 Å². The van der Waals surface area contributed by atoms with Crippen LogP contribution in [0.2, 0.25) is 15.1 Å². The number of halogens is 3. The Kier molecular flexibility index (Phi) is 9.05. The van der Waals surface area contributed by atoms with Gasteiger partial charge in [-0.2, -0.15) is 0 Å². The molecule has 0 aliphatic carbocycles. The molecule has 0 spiro atoms. The number of nitrogens with one attached hydrogen (secondary N) is 1. The summed E-state index contributed by atoms with van der Waals surface area (Å²) < 4.78 is 28.1. The SMILES string of the molecule is O=C(CN(c1cccc(Cl)c1)S(=O)(=O)c1ccc(Cl)cc1)Nc1ccccc1SCc1ccc(Cl)cc1. The molecule has 0 saturated carbocycles. The lowest BCUT2D eigenvalue weighted by Gasteiger charge is -2.24. The number of thioether (sulfide) groups is 1. The van der Waals surface area contributed by atoms with Crippen LogP contribution in [0.15, 0.2) is 107 Å². The second kappa shape index (κ2) is 12.2. The minimum Gasteiger partial charge on any atom is -0.323 e. The van der Waals surface area contributed by atoms with E-state index in [2.05, 4.69) is 5.32 Å². The highest BCUT2D eigenvalue weighted by Crippen LogP contribution is 2.31. The molecule has 0 aliphatic heterocycles. The van der Waals surface area contributed by atoms with Gasteiger partial charge in [0.25, 0.3) is 10.0 Å². The zero-order chi connectivity index (χ0) is 26.4. The van der Waals surface area contributed by atoms with E-state index in [1.807, 2.05) is 36.4 Å². The molecule has 0 heterocycles. The van der Waals surface area contributed by atoms with Crippen molar-refractivity contribution < 1.29 is 13.2 Å². The molecule has 1 N–H and O–H groups in total. The number of amides is 1. The summed E-state index contributed by atoms with van der Waals surface area (Å²) in [7, 11) is -4.10. The van der Waals surface area contributed by atoms with Crippen molar-refractivity contribution in [1.82, 2.24) is 0 Å². The molecule has 0 radical (unpaired) electrons. The molecule has 0 atom stereocenters. The van der Waals surface area contributed by atoms with Crippen LogP contribution in [0.3, 0.4) is 0 Å². The van der Waals surface area contributed by atoms with Gasteiger partial charge in [-0.25, -0.2) is 8.42 Å². The summed E-state index contributed by atoms with van der Waals surface area (Å²) in [5.74, 6) is 0.168. The van der Waals surface area contributed by atoms with Crippen molar-refractivity contribution in [2.45, 2.75) is 15.5 Å². The topological polar surface area (TPSA) is 66.5 Å². The van der Waals surface area contributed by atoms with Crippen LogP contribution in [0.1, 0.15) is 5.56 Å². The van der Waals surface area contributed by atoms with Gasteiger partial charge in [0, 0.05) is 25.7 Å². The highest BCUT2D eigenvalue weighted by atomic mass is 35.5. The number of hydrogen-bond acceptors (Lipinski definition) is 4. The van der Waals surface area contributed by atoms with Crippen LogP contribution in [-0.4, -0.2) is 20.9 Å². The van der Waals surface area contributed by atoms with Gasteiger partial charge in [-0.3, -0.25) is 9.10 Å². The maximum atomic E-state index is 13.5. The maximum absolute atomic E-state index is 13.5. The molecule has 4 rings (SSSR count). The number of carbonyl (C=O) groups is 1. The number of carbonyl (C=O) groups excluding carboxylic acids is 1. The molecule has 0 fully saturated rings. The first-order chi connectivity index (χ1) is 17.7. The normalized spacial score (nSPS) is 11.2. The van der Waals surface area contributed by atoms with Gasteiger partial charge in [-0.15, -0.1) is 11.8 Å². The van der Waals surface area contributed by atoms with Gasteiger partial charge >= 0.3 is 0 Å². The van der Waals surface area contributed by atoms with E-state index in [0.717, 1.165) is 14.8 Å². The van der Waals surface area contributed by atoms with Crippen LogP contribution >= 0.6 is 46.6 Å². The van der Waals surface area contributed by atoms with Crippen molar-refractivity contribution >= 4 is 73.9 Å². The molecule has 1 amide bonds. The summed E-state index contributed by atoms with van der Waals surface area (Å²) in [5, 5.41) is 4.28. The summed E-state index contributed by atoms with van der Waals surface area (Å²) in [4.78, 5) is 14.0. The molecule has 190 valence electrons. The van der Waals surface area contributed by atoms with Gasteiger partial charge in [0.1, 0.15) is 6.54 Å². The second-order valence-electron chi connectivity index (χ2n) is 7.90. The van der Waals surface area contributed by atoms with Gasteiger partial charge in [-0.05, 0) is 72.3 Å². The second-order valence-corrected chi connectivity index (χ2v) is 12.1. The molecule has 4 aromatic carbocycles. The molecule has 0 unspecified atom stereocenters. The zero-order valence-electron chi connectivity index (χ0n) is 19.3. The molecule has 37 heavy (non-hydrogen) atoms. The van der Waals surface area contributed by atoms with E-state index in [9.17, 15) is 13.2 Å². The first kappa shape index (κ1) is 27.4. The first-order valence-corrected chi connectivity index (χ1v) is 14.6. The van der Waals surface area contributed by atoms with Crippen LogP contribution in [0, 0.1) is 0 Å². The van der Waals surface area contributed by atoms with Gasteiger partial charge in [0.05, 0.1) is 16.3 Å². The molecule has 5 nitrogen and oxygen atoms in total. The zero-order valence-corrected chi connectivity index (χ0v) is 23.2. The third-order valence-electron chi connectivity index (χ3n) is 5.25. The Bertz CT molecular complexity index is 1500. The molecule has 4 aromatic rings. The van der Waals surface area contributed by atoms with Crippen molar-refractivity contribution in [3.05, 3.63) is 118 Å². The summed E-state index contributed by atoms with van der Waals surface area (Å²) >= 11 is 19.6. The van der Waals surface area contributed by atoms with Crippen molar-refractivity contribution in [2.24, 2.45) is 0 Å². The van der Waals surface area contributed by atoms with Crippen LogP contribution in [0.4, 0.5) is 11.4 Å². The number of hydrogen-bond donors (Lipinski definition) is 1. The molecule has 10 heteroatoms. The molecule has 0 bridgehead atoms. The molecule has 0 aliphatic rings. The average Bonchev–Trinajstić information content (AvgIpc) is 2.88. The Labute approximate surface area is 235 Å². The fourth-order valence-corrected chi connectivity index (χ4v) is 6.25. The number of rotatable bonds is 9.